The van der Waals surface area contributed by atoms with Crippen molar-refractivity contribution in [3.05, 3.63) is 35.9 Å². The minimum Gasteiger partial charge on any atom is -0.444 e. The van der Waals surface area contributed by atoms with Gasteiger partial charge in [0.25, 0.3) is 11.8 Å². The molecule has 0 bridgehead atoms. The highest BCUT2D eigenvalue weighted by Crippen LogP contribution is 2.31. The van der Waals surface area contributed by atoms with Gasteiger partial charge in [-0.25, -0.2) is 4.79 Å². The lowest BCUT2D eigenvalue weighted by atomic mass is 9.82. The third-order valence-electron chi connectivity index (χ3n) is 5.56. The van der Waals surface area contributed by atoms with E-state index in [9.17, 15) is 19.2 Å². The number of ketones is 1. The summed E-state index contributed by atoms with van der Waals surface area (Å²) in [6, 6.07) is 8.17. The van der Waals surface area contributed by atoms with Gasteiger partial charge in [-0.05, 0) is 32.3 Å². The third kappa shape index (κ3) is 6.16. The molecule has 0 radical (unpaired) electrons. The van der Waals surface area contributed by atoms with E-state index in [1.165, 1.54) is 6.92 Å². The van der Waals surface area contributed by atoms with Crippen LogP contribution in [0.15, 0.2) is 30.3 Å². The van der Waals surface area contributed by atoms with Crippen LogP contribution in [0.5, 0.6) is 0 Å². The van der Waals surface area contributed by atoms with Gasteiger partial charge in [-0.3, -0.25) is 19.2 Å². The van der Waals surface area contributed by atoms with Gasteiger partial charge in [0.2, 0.25) is 0 Å². The molecule has 8 nitrogen and oxygen atoms in total. The first-order valence-electron chi connectivity index (χ1n) is 11.1. The van der Waals surface area contributed by atoms with E-state index in [-0.39, 0.29) is 12.5 Å². The SMILES string of the molecule is CCC(CC)C(NC(=O)OC(C)(C)C)C(=O)[C@@H]1C(=O)N(OCc2ccccc2)C(=O)[C@H]1C. The van der Waals surface area contributed by atoms with Crippen molar-refractivity contribution >= 4 is 23.7 Å². The van der Waals surface area contributed by atoms with Crippen LogP contribution in [0.25, 0.3) is 0 Å². The van der Waals surface area contributed by atoms with E-state index in [1.54, 1.807) is 20.8 Å². The van der Waals surface area contributed by atoms with Gasteiger partial charge in [-0.15, -0.1) is 0 Å². The van der Waals surface area contributed by atoms with E-state index in [4.69, 9.17) is 9.57 Å². The smallest absolute Gasteiger partial charge is 0.408 e. The Bertz CT molecular complexity index is 829. The van der Waals surface area contributed by atoms with Crippen LogP contribution in [-0.2, 0) is 30.6 Å². The summed E-state index contributed by atoms with van der Waals surface area (Å²) in [5.74, 6) is -4.08. The maximum atomic E-state index is 13.5. The van der Waals surface area contributed by atoms with Gasteiger partial charge in [-0.1, -0.05) is 63.9 Å². The minimum atomic E-state index is -1.22. The molecule has 1 aliphatic rings. The van der Waals surface area contributed by atoms with Crippen molar-refractivity contribution < 1.29 is 28.8 Å². The van der Waals surface area contributed by atoms with Gasteiger partial charge in [0, 0.05) is 0 Å². The Hall–Kier alpha value is -2.74. The molecule has 1 fully saturated rings. The third-order valence-corrected chi connectivity index (χ3v) is 5.56. The number of carbonyl (C=O) groups excluding carboxylic acids is 4. The van der Waals surface area contributed by atoms with E-state index < -0.39 is 47.2 Å². The van der Waals surface area contributed by atoms with Gasteiger partial charge >= 0.3 is 6.09 Å². The lowest BCUT2D eigenvalue weighted by Gasteiger charge is -2.29. The first-order valence-corrected chi connectivity index (χ1v) is 11.1. The summed E-state index contributed by atoms with van der Waals surface area (Å²) >= 11 is 0. The fourth-order valence-electron chi connectivity index (χ4n) is 3.79. The molecule has 1 heterocycles. The van der Waals surface area contributed by atoms with E-state index >= 15 is 0 Å². The maximum absolute atomic E-state index is 13.5. The van der Waals surface area contributed by atoms with Crippen molar-refractivity contribution in [1.82, 2.24) is 10.4 Å². The standard InChI is InChI=1S/C24H34N2O6/c1-7-17(8-2)19(25-23(30)32-24(4,5)6)20(27)18-15(3)21(28)26(22(18)29)31-14-16-12-10-9-11-13-16/h9-13,15,17-19H,7-8,14H2,1-6H3,(H,25,30)/t15-,18+,19?/m0/s1. The lowest BCUT2D eigenvalue weighted by molar-refractivity contribution is -0.193. The van der Waals surface area contributed by atoms with Gasteiger partial charge in [0.1, 0.15) is 18.1 Å². The quantitative estimate of drug-likeness (QED) is 0.459. The fraction of sp³-hybridized carbons (Fsp3) is 0.583. The Morgan fingerprint density at radius 1 is 1.06 bits per heavy atom. The predicted molar refractivity (Wildman–Crippen MR) is 118 cm³/mol. The molecule has 1 aliphatic heterocycles. The summed E-state index contributed by atoms with van der Waals surface area (Å²) in [6.45, 7) is 10.6. The summed E-state index contributed by atoms with van der Waals surface area (Å²) in [7, 11) is 0. The number of hydrogen-bond donors (Lipinski definition) is 1. The van der Waals surface area contributed by atoms with Crippen molar-refractivity contribution in [2.24, 2.45) is 17.8 Å². The zero-order valence-corrected chi connectivity index (χ0v) is 19.7. The summed E-state index contributed by atoms with van der Waals surface area (Å²) in [5, 5.41) is 3.34. The molecule has 32 heavy (non-hydrogen) atoms. The van der Waals surface area contributed by atoms with Gasteiger partial charge in [0.15, 0.2) is 5.78 Å². The van der Waals surface area contributed by atoms with Crippen molar-refractivity contribution in [3.8, 4) is 0 Å². The fourth-order valence-corrected chi connectivity index (χ4v) is 3.79. The van der Waals surface area contributed by atoms with E-state index in [1.807, 2.05) is 44.2 Å². The van der Waals surface area contributed by atoms with Gasteiger partial charge in [-0.2, -0.15) is 5.06 Å². The second-order valence-corrected chi connectivity index (χ2v) is 9.10. The van der Waals surface area contributed by atoms with Crippen molar-refractivity contribution in [1.29, 1.82) is 0 Å². The van der Waals surface area contributed by atoms with Crippen LogP contribution in [0.2, 0.25) is 0 Å². The predicted octanol–water partition coefficient (Wildman–Crippen LogP) is 3.64. The van der Waals surface area contributed by atoms with Crippen LogP contribution < -0.4 is 5.32 Å². The normalized spacial score (nSPS) is 19.9. The van der Waals surface area contributed by atoms with Crippen molar-refractivity contribution in [2.75, 3.05) is 0 Å². The number of hydrogen-bond acceptors (Lipinski definition) is 6. The topological polar surface area (TPSA) is 102 Å². The number of hydroxylamine groups is 2. The van der Waals surface area contributed by atoms with Gasteiger partial charge < -0.3 is 10.1 Å². The van der Waals surface area contributed by atoms with Crippen LogP contribution in [0.1, 0.15) is 59.9 Å². The van der Waals surface area contributed by atoms with Crippen molar-refractivity contribution in [3.63, 3.8) is 0 Å². The van der Waals surface area contributed by atoms with Crippen LogP contribution in [0.3, 0.4) is 0 Å². The first-order chi connectivity index (χ1) is 15.0. The van der Waals surface area contributed by atoms with Crippen molar-refractivity contribution in [2.45, 2.75) is 72.6 Å². The van der Waals surface area contributed by atoms with Crippen LogP contribution >= 0.6 is 0 Å². The van der Waals surface area contributed by atoms with Crippen LogP contribution in [0, 0.1) is 17.8 Å². The average Bonchev–Trinajstić information content (AvgIpc) is 2.93. The number of Topliss-reactive ketones (excluding diaryl/α,β-unsaturated/α-hetero) is 1. The number of nitrogens with zero attached hydrogens (tertiary/aromatic N) is 1. The highest BCUT2D eigenvalue weighted by Gasteiger charge is 2.52. The summed E-state index contributed by atoms with van der Waals surface area (Å²) in [6.07, 6.45) is 0.490. The molecule has 3 atom stereocenters. The highest BCUT2D eigenvalue weighted by molar-refractivity contribution is 6.16. The Morgan fingerprint density at radius 3 is 2.19 bits per heavy atom. The molecule has 0 saturated carbocycles. The molecular weight excluding hydrogens is 412 g/mol. The minimum absolute atomic E-state index is 0.0259. The summed E-state index contributed by atoms with van der Waals surface area (Å²) in [5.41, 5.74) is 0.0529. The average molecular weight is 447 g/mol. The number of alkyl carbamates (subject to hydrolysis) is 1. The summed E-state index contributed by atoms with van der Waals surface area (Å²) in [4.78, 5) is 57.1. The Morgan fingerprint density at radius 2 is 1.66 bits per heavy atom. The highest BCUT2D eigenvalue weighted by atomic mass is 16.7. The number of imide groups is 1. The molecule has 176 valence electrons. The molecule has 3 amide bonds. The monoisotopic (exact) mass is 446 g/mol. The molecule has 8 heteroatoms. The van der Waals surface area contributed by atoms with Gasteiger partial charge in [0.05, 0.1) is 12.0 Å². The molecule has 1 aromatic carbocycles. The molecule has 1 aromatic rings. The van der Waals surface area contributed by atoms with Crippen LogP contribution in [0.4, 0.5) is 4.79 Å². The molecule has 1 N–H and O–H groups in total. The zero-order valence-electron chi connectivity index (χ0n) is 19.7. The molecule has 1 saturated heterocycles. The maximum Gasteiger partial charge on any atom is 0.408 e. The van der Waals surface area contributed by atoms with Crippen LogP contribution in [-0.4, -0.2) is 40.4 Å². The van der Waals surface area contributed by atoms with E-state index in [0.29, 0.717) is 17.9 Å². The molecular formula is C24H34N2O6. The molecule has 0 aliphatic carbocycles. The lowest BCUT2D eigenvalue weighted by Crippen LogP contribution is -2.51. The number of rotatable bonds is 9. The Labute approximate surface area is 189 Å². The van der Waals surface area contributed by atoms with E-state index in [0.717, 1.165) is 5.56 Å². The molecule has 2 rings (SSSR count). The first kappa shape index (κ1) is 25.5. The van der Waals surface area contributed by atoms with E-state index in [2.05, 4.69) is 5.32 Å². The molecule has 0 aromatic heterocycles. The number of nitrogens with one attached hydrogen (secondary N) is 1. The second kappa shape index (κ2) is 10.7. The number of amides is 3. The number of benzene rings is 1. The largest absolute Gasteiger partial charge is 0.444 e. The Kier molecular flexibility index (Phi) is 8.55. The number of carbonyl (C=O) groups is 4. The summed E-state index contributed by atoms with van der Waals surface area (Å²) < 4.78 is 5.31. The molecule has 0 spiro atoms. The Balaban J connectivity index is 2.20. The zero-order chi connectivity index (χ0) is 24.1. The molecule has 1 unspecified atom stereocenters. The second-order valence-electron chi connectivity index (χ2n) is 9.10. The number of ether oxygens (including phenoxy) is 1.